The van der Waals surface area contributed by atoms with Gasteiger partial charge < -0.3 is 4.74 Å². The van der Waals surface area contributed by atoms with Crippen molar-refractivity contribution in [3.8, 4) is 5.75 Å². The summed E-state index contributed by atoms with van der Waals surface area (Å²) in [6, 6.07) is 9.20. The molecule has 2 rings (SSSR count). The van der Waals surface area contributed by atoms with Gasteiger partial charge in [0.1, 0.15) is 12.4 Å². The third-order valence-corrected chi connectivity index (χ3v) is 3.25. The number of H-pyrrole nitrogens is 2. The van der Waals surface area contributed by atoms with Gasteiger partial charge in [-0.15, -0.1) is 0 Å². The van der Waals surface area contributed by atoms with Gasteiger partial charge in [0.05, 0.1) is 5.69 Å². The summed E-state index contributed by atoms with van der Waals surface area (Å²) in [6.07, 6.45) is 4.76. The number of aryl methyl sites for hydroxylation is 1. The molecule has 0 amide bonds. The Balaban J connectivity index is 1.89. The molecule has 5 nitrogen and oxygen atoms in total. The molecule has 112 valence electrons. The molecule has 0 unspecified atom stereocenters. The minimum Gasteiger partial charge on any atom is -0.487 e. The lowest BCUT2D eigenvalue weighted by Gasteiger charge is -2.07. The fourth-order valence-electron chi connectivity index (χ4n) is 2.03. The number of hydrogen-bond donors (Lipinski definition) is 2. The zero-order valence-electron chi connectivity index (χ0n) is 12.1. The predicted molar refractivity (Wildman–Crippen MR) is 81.7 cm³/mol. The van der Waals surface area contributed by atoms with Crippen LogP contribution in [0.15, 0.2) is 39.9 Å². The molecular formula is C16H20N2O3. The van der Waals surface area contributed by atoms with Crippen molar-refractivity contribution in [3.05, 3.63) is 62.2 Å². The van der Waals surface area contributed by atoms with Gasteiger partial charge in [-0.05, 0) is 30.5 Å². The zero-order valence-corrected chi connectivity index (χ0v) is 12.1. The van der Waals surface area contributed by atoms with Crippen LogP contribution in [0, 0.1) is 0 Å². The fourth-order valence-corrected chi connectivity index (χ4v) is 2.03. The molecule has 2 aromatic rings. The number of ether oxygens (including phenoxy) is 1. The van der Waals surface area contributed by atoms with E-state index < -0.39 is 11.0 Å². The molecular weight excluding hydrogens is 268 g/mol. The number of aromatic nitrogens is 2. The summed E-state index contributed by atoms with van der Waals surface area (Å²) in [5.74, 6) is 0.737. The Labute approximate surface area is 123 Å². The van der Waals surface area contributed by atoms with E-state index in [1.54, 1.807) is 0 Å². The van der Waals surface area contributed by atoms with Crippen molar-refractivity contribution < 1.29 is 4.74 Å². The van der Waals surface area contributed by atoms with Gasteiger partial charge in [-0.3, -0.25) is 19.8 Å². The monoisotopic (exact) mass is 288 g/mol. The van der Waals surface area contributed by atoms with Crippen molar-refractivity contribution in [3.63, 3.8) is 0 Å². The highest BCUT2D eigenvalue weighted by atomic mass is 16.5. The Hall–Kier alpha value is -2.30. The van der Waals surface area contributed by atoms with E-state index in [9.17, 15) is 9.59 Å². The molecule has 0 atom stereocenters. The highest BCUT2D eigenvalue weighted by Gasteiger charge is 2.00. The van der Waals surface area contributed by atoms with E-state index in [2.05, 4.69) is 29.3 Å². The maximum Gasteiger partial charge on any atom is 0.310 e. The third-order valence-electron chi connectivity index (χ3n) is 3.25. The van der Waals surface area contributed by atoms with Crippen LogP contribution < -0.4 is 15.7 Å². The number of rotatable bonds is 7. The predicted octanol–water partition coefficient (Wildman–Crippen LogP) is 2.37. The van der Waals surface area contributed by atoms with Crippen molar-refractivity contribution >= 4 is 0 Å². The van der Waals surface area contributed by atoms with Crippen LogP contribution in [-0.2, 0) is 13.0 Å². The number of hydrogen-bond acceptors (Lipinski definition) is 3. The molecule has 1 heterocycles. The first-order valence-electron chi connectivity index (χ1n) is 7.21. The first-order chi connectivity index (χ1) is 10.2. The van der Waals surface area contributed by atoms with Crippen molar-refractivity contribution in [1.29, 1.82) is 0 Å². The Bertz CT molecular complexity index is 671. The van der Waals surface area contributed by atoms with E-state index in [0.29, 0.717) is 5.69 Å². The lowest BCUT2D eigenvalue weighted by molar-refractivity contribution is 0.299. The van der Waals surface area contributed by atoms with E-state index in [-0.39, 0.29) is 6.61 Å². The van der Waals surface area contributed by atoms with Gasteiger partial charge in [0, 0.05) is 6.07 Å². The Morgan fingerprint density at radius 2 is 1.81 bits per heavy atom. The molecule has 0 aliphatic rings. The smallest absolute Gasteiger partial charge is 0.310 e. The second-order valence-corrected chi connectivity index (χ2v) is 5.00. The molecule has 0 fully saturated rings. The summed E-state index contributed by atoms with van der Waals surface area (Å²) in [5, 5.41) is 4.90. The van der Waals surface area contributed by atoms with Gasteiger partial charge in [-0.2, -0.15) is 0 Å². The van der Waals surface area contributed by atoms with Gasteiger partial charge in [0.15, 0.2) is 0 Å². The summed E-state index contributed by atoms with van der Waals surface area (Å²) in [5.41, 5.74) is 0.605. The molecule has 21 heavy (non-hydrogen) atoms. The normalized spacial score (nSPS) is 10.5. The summed E-state index contributed by atoms with van der Waals surface area (Å²) in [6.45, 7) is 2.40. The molecule has 2 N–H and O–H groups in total. The second kappa shape index (κ2) is 7.47. The molecule has 1 aromatic carbocycles. The van der Waals surface area contributed by atoms with Crippen molar-refractivity contribution in [1.82, 2.24) is 10.2 Å². The second-order valence-electron chi connectivity index (χ2n) is 5.00. The molecule has 0 saturated heterocycles. The minimum atomic E-state index is -0.657. The number of benzene rings is 1. The summed E-state index contributed by atoms with van der Waals surface area (Å²) in [7, 11) is 0. The van der Waals surface area contributed by atoms with Crippen LogP contribution in [-0.4, -0.2) is 10.2 Å². The van der Waals surface area contributed by atoms with E-state index in [0.717, 1.165) is 12.2 Å². The fraction of sp³-hybridized carbons (Fsp3) is 0.375. The maximum atomic E-state index is 11.2. The Morgan fingerprint density at radius 1 is 1.05 bits per heavy atom. The summed E-state index contributed by atoms with van der Waals surface area (Å²) in [4.78, 5) is 22.2. The van der Waals surface area contributed by atoms with Crippen molar-refractivity contribution in [2.24, 2.45) is 0 Å². The molecule has 0 aliphatic carbocycles. The van der Waals surface area contributed by atoms with Gasteiger partial charge in [-0.1, -0.05) is 31.9 Å². The van der Waals surface area contributed by atoms with E-state index in [1.807, 2.05) is 12.1 Å². The van der Waals surface area contributed by atoms with Crippen LogP contribution in [0.3, 0.4) is 0 Å². The third kappa shape index (κ3) is 4.63. The lowest BCUT2D eigenvalue weighted by atomic mass is 10.1. The largest absolute Gasteiger partial charge is 0.487 e. The van der Waals surface area contributed by atoms with Gasteiger partial charge in [-0.25, -0.2) is 0 Å². The molecule has 0 radical (unpaired) electrons. The number of aromatic amines is 2. The van der Waals surface area contributed by atoms with Gasteiger partial charge >= 0.3 is 5.56 Å². The van der Waals surface area contributed by atoms with Crippen LogP contribution in [0.25, 0.3) is 0 Å². The van der Waals surface area contributed by atoms with Gasteiger partial charge in [0.25, 0.3) is 0 Å². The zero-order chi connectivity index (χ0) is 15.1. The van der Waals surface area contributed by atoms with Gasteiger partial charge in [0.2, 0.25) is 5.43 Å². The number of unbranched alkanes of at least 4 members (excludes halogenated alkanes) is 2. The molecule has 5 heteroatoms. The standard InChI is InChI=1S/C16H20N2O3/c1-2-3-4-5-12-6-8-14(9-7-12)21-11-13-10-15(19)16(20)18-17-13/h6-10H,2-5,11H2,1H3,(H,17,19)(H,18,20). The van der Waals surface area contributed by atoms with Crippen LogP contribution >= 0.6 is 0 Å². The van der Waals surface area contributed by atoms with Crippen LogP contribution in [0.1, 0.15) is 37.4 Å². The minimum absolute atomic E-state index is 0.210. The number of nitrogens with one attached hydrogen (secondary N) is 2. The first-order valence-corrected chi connectivity index (χ1v) is 7.21. The van der Waals surface area contributed by atoms with Crippen LogP contribution in [0.5, 0.6) is 5.75 Å². The first kappa shape index (κ1) is 15.1. The summed E-state index contributed by atoms with van der Waals surface area (Å²) < 4.78 is 5.58. The lowest BCUT2D eigenvalue weighted by Crippen LogP contribution is -2.28. The topological polar surface area (TPSA) is 75.0 Å². The van der Waals surface area contributed by atoms with E-state index >= 15 is 0 Å². The van der Waals surface area contributed by atoms with Crippen LogP contribution in [0.4, 0.5) is 0 Å². The van der Waals surface area contributed by atoms with Crippen molar-refractivity contribution in [2.75, 3.05) is 0 Å². The Kier molecular flexibility index (Phi) is 5.37. The molecule has 0 saturated carbocycles. The maximum absolute atomic E-state index is 11.2. The SMILES string of the molecule is CCCCCc1ccc(OCc2cc(=O)c(=O)[nH][nH]2)cc1. The summed E-state index contributed by atoms with van der Waals surface area (Å²) >= 11 is 0. The van der Waals surface area contributed by atoms with Crippen molar-refractivity contribution in [2.45, 2.75) is 39.2 Å². The molecule has 0 spiro atoms. The van der Waals surface area contributed by atoms with E-state index in [1.165, 1.54) is 30.9 Å². The highest BCUT2D eigenvalue weighted by Crippen LogP contribution is 2.15. The average molecular weight is 288 g/mol. The molecule has 0 bridgehead atoms. The Morgan fingerprint density at radius 3 is 2.48 bits per heavy atom. The highest BCUT2D eigenvalue weighted by molar-refractivity contribution is 5.27. The quantitative estimate of drug-likeness (QED) is 0.606. The van der Waals surface area contributed by atoms with E-state index in [4.69, 9.17) is 4.74 Å². The average Bonchev–Trinajstić information content (AvgIpc) is 2.50. The molecule has 0 aliphatic heterocycles. The van der Waals surface area contributed by atoms with Crippen LogP contribution in [0.2, 0.25) is 0 Å². The molecule has 1 aromatic heterocycles.